The molecule has 0 saturated heterocycles. The van der Waals surface area contributed by atoms with Crippen LogP contribution in [0.5, 0.6) is 0 Å². The number of rotatable bonds is 3. The van der Waals surface area contributed by atoms with Gasteiger partial charge in [-0.3, -0.25) is 0 Å². The highest BCUT2D eigenvalue weighted by molar-refractivity contribution is 9.10. The number of hydrogen-bond acceptors (Lipinski definition) is 2. The molecule has 4 heteroatoms. The second-order valence-electron chi connectivity index (χ2n) is 4.26. The van der Waals surface area contributed by atoms with E-state index in [1.807, 2.05) is 37.4 Å². The smallest absolute Gasteiger partial charge is 0.101 e. The third-order valence-electron chi connectivity index (χ3n) is 2.82. The lowest BCUT2D eigenvalue weighted by Gasteiger charge is -2.20. The maximum absolute atomic E-state index is 9.19. The van der Waals surface area contributed by atoms with E-state index in [-0.39, 0.29) is 0 Å². The fourth-order valence-corrected chi connectivity index (χ4v) is 2.50. The van der Waals surface area contributed by atoms with Crippen LogP contribution in [-0.2, 0) is 6.54 Å². The summed E-state index contributed by atoms with van der Waals surface area (Å²) in [4.78, 5) is 2.08. The van der Waals surface area contributed by atoms with Gasteiger partial charge in [0.2, 0.25) is 0 Å². The van der Waals surface area contributed by atoms with Crippen LogP contribution in [-0.4, -0.2) is 7.05 Å². The van der Waals surface area contributed by atoms with Crippen molar-refractivity contribution in [2.45, 2.75) is 6.54 Å². The number of nitrogens with zero attached hydrogens (tertiary/aromatic N) is 2. The van der Waals surface area contributed by atoms with Gasteiger partial charge in [0.25, 0.3) is 0 Å². The summed E-state index contributed by atoms with van der Waals surface area (Å²) in [6, 6.07) is 16.2. The number of hydrogen-bond donors (Lipinski definition) is 0. The molecule has 0 N–H and O–H groups in total. The van der Waals surface area contributed by atoms with Crippen molar-refractivity contribution in [2.24, 2.45) is 0 Å². The van der Waals surface area contributed by atoms with Crippen LogP contribution in [0.15, 0.2) is 51.4 Å². The van der Waals surface area contributed by atoms with E-state index in [0.717, 1.165) is 21.2 Å². The highest BCUT2D eigenvalue weighted by atomic mass is 79.9. The predicted molar refractivity (Wildman–Crippen MR) is 85.1 cm³/mol. The molecule has 0 aromatic heterocycles. The van der Waals surface area contributed by atoms with Crippen LogP contribution >= 0.6 is 31.9 Å². The molecule has 0 spiro atoms. The molecule has 0 radical (unpaired) electrons. The maximum atomic E-state index is 9.19. The van der Waals surface area contributed by atoms with E-state index in [2.05, 4.69) is 55.0 Å². The third kappa shape index (κ3) is 3.59. The molecule has 19 heavy (non-hydrogen) atoms. The molecule has 0 aliphatic carbocycles. The van der Waals surface area contributed by atoms with E-state index < -0.39 is 0 Å². The molecule has 2 nitrogen and oxygen atoms in total. The average Bonchev–Trinajstić information content (AvgIpc) is 2.41. The zero-order valence-corrected chi connectivity index (χ0v) is 13.6. The molecule has 2 rings (SSSR count). The van der Waals surface area contributed by atoms with Gasteiger partial charge in [0.15, 0.2) is 0 Å². The van der Waals surface area contributed by atoms with Gasteiger partial charge in [-0.25, -0.2) is 0 Å². The number of benzene rings is 2. The molecular weight excluding hydrogens is 368 g/mol. The molecule has 0 unspecified atom stereocenters. The van der Waals surface area contributed by atoms with Crippen molar-refractivity contribution >= 4 is 37.5 Å². The standard InChI is InChI=1S/C15H12Br2N2/c1-19(10-11-2-4-13(16)5-3-11)15-7-6-14(17)8-12(15)9-18/h2-8H,10H2,1H3. The zero-order valence-electron chi connectivity index (χ0n) is 10.4. The minimum Gasteiger partial charge on any atom is -0.369 e. The van der Waals surface area contributed by atoms with Crippen molar-refractivity contribution in [2.75, 3.05) is 11.9 Å². The normalized spacial score (nSPS) is 10.0. The zero-order chi connectivity index (χ0) is 13.8. The van der Waals surface area contributed by atoms with Gasteiger partial charge in [-0.1, -0.05) is 44.0 Å². The molecule has 0 aliphatic heterocycles. The SMILES string of the molecule is CN(Cc1ccc(Br)cc1)c1ccc(Br)cc1C#N. The molecule has 0 atom stereocenters. The van der Waals surface area contributed by atoms with Gasteiger partial charge in [-0.05, 0) is 35.9 Å². The topological polar surface area (TPSA) is 27.0 Å². The van der Waals surface area contributed by atoms with E-state index in [0.29, 0.717) is 5.56 Å². The van der Waals surface area contributed by atoms with Crippen LogP contribution in [0.2, 0.25) is 0 Å². The first kappa shape index (κ1) is 14.1. The summed E-state index contributed by atoms with van der Waals surface area (Å²) in [6.07, 6.45) is 0. The van der Waals surface area contributed by atoms with Crippen molar-refractivity contribution in [3.05, 3.63) is 62.5 Å². The van der Waals surface area contributed by atoms with Crippen LogP contribution < -0.4 is 4.90 Å². The number of halogens is 2. The summed E-state index contributed by atoms with van der Waals surface area (Å²) >= 11 is 6.81. The van der Waals surface area contributed by atoms with E-state index in [1.165, 1.54) is 5.56 Å². The highest BCUT2D eigenvalue weighted by Gasteiger charge is 2.08. The Morgan fingerprint density at radius 2 is 1.68 bits per heavy atom. The Balaban J connectivity index is 2.23. The summed E-state index contributed by atoms with van der Waals surface area (Å²) in [6.45, 7) is 0.767. The van der Waals surface area contributed by atoms with Crippen LogP contribution in [0.1, 0.15) is 11.1 Å². The lowest BCUT2D eigenvalue weighted by atomic mass is 10.1. The molecule has 2 aromatic rings. The molecule has 0 bridgehead atoms. The second-order valence-corrected chi connectivity index (χ2v) is 6.09. The maximum Gasteiger partial charge on any atom is 0.101 e. The molecule has 0 saturated carbocycles. The molecule has 96 valence electrons. The van der Waals surface area contributed by atoms with E-state index >= 15 is 0 Å². The largest absolute Gasteiger partial charge is 0.369 e. The Morgan fingerprint density at radius 1 is 1.05 bits per heavy atom. The fraction of sp³-hybridized carbons (Fsp3) is 0.133. The molecule has 0 amide bonds. The molecular formula is C15H12Br2N2. The van der Waals surface area contributed by atoms with Crippen molar-refractivity contribution in [1.29, 1.82) is 5.26 Å². The van der Waals surface area contributed by atoms with Gasteiger partial charge in [-0.2, -0.15) is 5.26 Å². The van der Waals surface area contributed by atoms with E-state index in [4.69, 9.17) is 0 Å². The Labute approximate surface area is 129 Å². The monoisotopic (exact) mass is 378 g/mol. The molecule has 2 aromatic carbocycles. The van der Waals surface area contributed by atoms with Crippen molar-refractivity contribution in [3.8, 4) is 6.07 Å². The Bertz CT molecular complexity index is 615. The Kier molecular flexibility index (Phi) is 4.62. The van der Waals surface area contributed by atoms with Crippen LogP contribution in [0, 0.1) is 11.3 Å². The summed E-state index contributed by atoms with van der Waals surface area (Å²) in [5.41, 5.74) is 2.82. The summed E-state index contributed by atoms with van der Waals surface area (Å²) in [5, 5.41) is 9.19. The van der Waals surface area contributed by atoms with Gasteiger partial charge in [-0.15, -0.1) is 0 Å². The minimum atomic E-state index is 0.675. The second kappa shape index (κ2) is 6.23. The highest BCUT2D eigenvalue weighted by Crippen LogP contribution is 2.24. The summed E-state index contributed by atoms with van der Waals surface area (Å²) in [7, 11) is 1.99. The lowest BCUT2D eigenvalue weighted by molar-refractivity contribution is 0.920. The summed E-state index contributed by atoms with van der Waals surface area (Å²) < 4.78 is 1.99. The quantitative estimate of drug-likeness (QED) is 0.771. The Hall–Kier alpha value is -1.31. The van der Waals surface area contributed by atoms with Gasteiger partial charge < -0.3 is 4.90 Å². The molecule has 0 aliphatic rings. The van der Waals surface area contributed by atoms with Gasteiger partial charge in [0.1, 0.15) is 6.07 Å². The first-order valence-corrected chi connectivity index (χ1v) is 7.34. The minimum absolute atomic E-state index is 0.675. The fourth-order valence-electron chi connectivity index (χ4n) is 1.88. The van der Waals surface area contributed by atoms with Crippen LogP contribution in [0.25, 0.3) is 0 Å². The van der Waals surface area contributed by atoms with Crippen molar-refractivity contribution < 1.29 is 0 Å². The van der Waals surface area contributed by atoms with Gasteiger partial charge in [0.05, 0.1) is 11.3 Å². The van der Waals surface area contributed by atoms with Crippen molar-refractivity contribution in [3.63, 3.8) is 0 Å². The average molecular weight is 380 g/mol. The van der Waals surface area contributed by atoms with E-state index in [9.17, 15) is 5.26 Å². The predicted octanol–water partition coefficient (Wildman–Crippen LogP) is 4.72. The third-order valence-corrected chi connectivity index (χ3v) is 3.85. The first-order valence-electron chi connectivity index (χ1n) is 5.75. The lowest BCUT2D eigenvalue weighted by Crippen LogP contribution is -2.17. The first-order chi connectivity index (χ1) is 9.10. The number of anilines is 1. The van der Waals surface area contributed by atoms with Crippen molar-refractivity contribution in [1.82, 2.24) is 0 Å². The summed E-state index contributed by atoms with van der Waals surface area (Å²) in [5.74, 6) is 0. The van der Waals surface area contributed by atoms with Crippen LogP contribution in [0.3, 0.4) is 0 Å². The molecule has 0 heterocycles. The number of nitriles is 1. The van der Waals surface area contributed by atoms with Gasteiger partial charge >= 0.3 is 0 Å². The van der Waals surface area contributed by atoms with Gasteiger partial charge in [0, 0.05) is 22.5 Å². The Morgan fingerprint density at radius 3 is 2.32 bits per heavy atom. The van der Waals surface area contributed by atoms with E-state index in [1.54, 1.807) is 0 Å². The van der Waals surface area contributed by atoms with Crippen LogP contribution in [0.4, 0.5) is 5.69 Å². The molecule has 0 fully saturated rings.